The van der Waals surface area contributed by atoms with E-state index in [-0.39, 0.29) is 0 Å². The second kappa shape index (κ2) is 6.92. The predicted octanol–water partition coefficient (Wildman–Crippen LogP) is 1.82. The molecule has 1 fully saturated rings. The molecule has 0 unspecified atom stereocenters. The Morgan fingerprint density at radius 2 is 1.85 bits per heavy atom. The Balaban J connectivity index is 1.41. The van der Waals surface area contributed by atoms with Crippen LogP contribution in [0, 0.1) is 6.92 Å². The lowest BCUT2D eigenvalue weighted by atomic mass is 10.3. The molecule has 7 nitrogen and oxygen atoms in total. The Hall–Kier alpha value is -2.67. The molecule has 1 aliphatic rings. The SMILES string of the molecule is Cc1cc(N2CCN(Cc3cn4ccccc4n3)CC2)nc(N(C)C)n1. The van der Waals surface area contributed by atoms with Crippen LogP contribution in [-0.4, -0.2) is 64.5 Å². The Morgan fingerprint density at radius 1 is 1.04 bits per heavy atom. The van der Waals surface area contributed by atoms with Gasteiger partial charge >= 0.3 is 0 Å². The average molecular weight is 351 g/mol. The molecule has 3 aromatic heterocycles. The second-order valence-electron chi connectivity index (χ2n) is 7.02. The standard InChI is InChI=1S/C19H25N7/c1-15-12-18(22-19(20-15)23(2)3)25-10-8-24(9-11-25)13-16-14-26-7-5-4-6-17(26)21-16/h4-7,12,14H,8-11,13H2,1-3H3. The van der Waals surface area contributed by atoms with E-state index in [2.05, 4.69) is 31.4 Å². The highest BCUT2D eigenvalue weighted by molar-refractivity contribution is 5.46. The summed E-state index contributed by atoms with van der Waals surface area (Å²) in [6.45, 7) is 6.87. The zero-order valence-corrected chi connectivity index (χ0v) is 15.6. The first-order valence-corrected chi connectivity index (χ1v) is 9.01. The van der Waals surface area contributed by atoms with E-state index in [4.69, 9.17) is 9.97 Å². The monoisotopic (exact) mass is 351 g/mol. The van der Waals surface area contributed by atoms with Crippen LogP contribution < -0.4 is 9.80 Å². The molecule has 0 atom stereocenters. The molecule has 0 saturated carbocycles. The minimum Gasteiger partial charge on any atom is -0.354 e. The largest absolute Gasteiger partial charge is 0.354 e. The number of pyridine rings is 1. The summed E-state index contributed by atoms with van der Waals surface area (Å²) in [5.41, 5.74) is 3.14. The molecular formula is C19H25N7. The summed E-state index contributed by atoms with van der Waals surface area (Å²) in [7, 11) is 3.96. The molecule has 26 heavy (non-hydrogen) atoms. The van der Waals surface area contributed by atoms with Gasteiger partial charge in [0.05, 0.1) is 5.69 Å². The van der Waals surface area contributed by atoms with Crippen molar-refractivity contribution in [2.75, 3.05) is 50.1 Å². The van der Waals surface area contributed by atoms with Gasteiger partial charge in [0.1, 0.15) is 11.5 Å². The maximum atomic E-state index is 4.71. The molecule has 0 aromatic carbocycles. The maximum Gasteiger partial charge on any atom is 0.226 e. The van der Waals surface area contributed by atoms with E-state index >= 15 is 0 Å². The molecule has 3 aromatic rings. The van der Waals surface area contributed by atoms with Crippen LogP contribution in [0.3, 0.4) is 0 Å². The summed E-state index contributed by atoms with van der Waals surface area (Å²) in [5, 5.41) is 0. The summed E-state index contributed by atoms with van der Waals surface area (Å²) in [6.07, 6.45) is 4.17. The van der Waals surface area contributed by atoms with Gasteiger partial charge < -0.3 is 14.2 Å². The van der Waals surface area contributed by atoms with Crippen molar-refractivity contribution in [1.29, 1.82) is 0 Å². The first-order chi connectivity index (χ1) is 12.6. The summed E-state index contributed by atoms with van der Waals surface area (Å²) in [5.74, 6) is 1.79. The van der Waals surface area contributed by atoms with Crippen molar-refractivity contribution in [1.82, 2.24) is 24.3 Å². The van der Waals surface area contributed by atoms with Crippen LogP contribution in [0.5, 0.6) is 0 Å². The Labute approximate surface area is 153 Å². The zero-order chi connectivity index (χ0) is 18.1. The highest BCUT2D eigenvalue weighted by Gasteiger charge is 2.20. The van der Waals surface area contributed by atoms with Gasteiger partial charge in [0.2, 0.25) is 5.95 Å². The lowest BCUT2D eigenvalue weighted by Crippen LogP contribution is -2.46. The number of hydrogen-bond acceptors (Lipinski definition) is 6. The molecule has 0 bridgehead atoms. The fourth-order valence-corrected chi connectivity index (χ4v) is 3.33. The number of nitrogens with zero attached hydrogens (tertiary/aromatic N) is 7. The van der Waals surface area contributed by atoms with Crippen molar-refractivity contribution >= 4 is 17.4 Å². The number of rotatable bonds is 4. The fraction of sp³-hybridized carbons (Fsp3) is 0.421. The lowest BCUT2D eigenvalue weighted by Gasteiger charge is -2.35. The summed E-state index contributed by atoms with van der Waals surface area (Å²) in [4.78, 5) is 20.7. The van der Waals surface area contributed by atoms with Crippen molar-refractivity contribution in [3.63, 3.8) is 0 Å². The van der Waals surface area contributed by atoms with Crippen LogP contribution in [0.25, 0.3) is 5.65 Å². The molecule has 0 spiro atoms. The molecule has 0 N–H and O–H groups in total. The fourth-order valence-electron chi connectivity index (χ4n) is 3.33. The minimum atomic E-state index is 0.770. The Bertz CT molecular complexity index is 861. The molecular weight excluding hydrogens is 326 g/mol. The molecule has 4 rings (SSSR count). The van der Waals surface area contributed by atoms with Crippen LogP contribution >= 0.6 is 0 Å². The van der Waals surface area contributed by atoms with E-state index in [1.807, 2.05) is 50.3 Å². The minimum absolute atomic E-state index is 0.770. The van der Waals surface area contributed by atoms with Gasteiger partial charge in [-0.15, -0.1) is 0 Å². The maximum absolute atomic E-state index is 4.71. The van der Waals surface area contributed by atoms with Gasteiger partial charge in [-0.1, -0.05) is 6.07 Å². The molecule has 1 aliphatic heterocycles. The van der Waals surface area contributed by atoms with Crippen molar-refractivity contribution < 1.29 is 0 Å². The molecule has 136 valence electrons. The van der Waals surface area contributed by atoms with Gasteiger partial charge in [0.25, 0.3) is 0 Å². The van der Waals surface area contributed by atoms with E-state index < -0.39 is 0 Å². The smallest absolute Gasteiger partial charge is 0.226 e. The average Bonchev–Trinajstić information content (AvgIpc) is 3.04. The summed E-state index contributed by atoms with van der Waals surface area (Å²) in [6, 6.07) is 8.17. The number of aromatic nitrogens is 4. The molecule has 0 amide bonds. The first kappa shape index (κ1) is 16.8. The third-order valence-electron chi connectivity index (χ3n) is 4.72. The molecule has 0 radical (unpaired) electrons. The van der Waals surface area contributed by atoms with Crippen LogP contribution in [0.1, 0.15) is 11.4 Å². The summed E-state index contributed by atoms with van der Waals surface area (Å²) >= 11 is 0. The van der Waals surface area contributed by atoms with E-state index in [1.54, 1.807) is 0 Å². The van der Waals surface area contributed by atoms with Crippen LogP contribution in [0.4, 0.5) is 11.8 Å². The van der Waals surface area contributed by atoms with Crippen LogP contribution in [0.15, 0.2) is 36.7 Å². The van der Waals surface area contributed by atoms with Crippen LogP contribution in [0.2, 0.25) is 0 Å². The number of aryl methyl sites for hydroxylation is 1. The van der Waals surface area contributed by atoms with Gasteiger partial charge in [-0.3, -0.25) is 4.90 Å². The van der Waals surface area contributed by atoms with E-state index in [1.165, 1.54) is 0 Å². The second-order valence-corrected chi connectivity index (χ2v) is 7.02. The molecule has 0 aliphatic carbocycles. The lowest BCUT2D eigenvalue weighted by molar-refractivity contribution is 0.247. The third kappa shape index (κ3) is 3.48. The third-order valence-corrected chi connectivity index (χ3v) is 4.72. The molecule has 1 saturated heterocycles. The number of hydrogen-bond donors (Lipinski definition) is 0. The number of anilines is 2. The van der Waals surface area contributed by atoms with Crippen molar-refractivity contribution in [2.45, 2.75) is 13.5 Å². The van der Waals surface area contributed by atoms with Crippen molar-refractivity contribution in [3.05, 3.63) is 48.0 Å². The van der Waals surface area contributed by atoms with Gasteiger partial charge in [0.15, 0.2) is 0 Å². The quantitative estimate of drug-likeness (QED) is 0.715. The number of piperazine rings is 1. The summed E-state index contributed by atoms with van der Waals surface area (Å²) < 4.78 is 2.08. The van der Waals surface area contributed by atoms with Gasteiger partial charge in [-0.05, 0) is 19.1 Å². The molecule has 4 heterocycles. The van der Waals surface area contributed by atoms with Crippen molar-refractivity contribution in [2.24, 2.45) is 0 Å². The zero-order valence-electron chi connectivity index (χ0n) is 15.6. The predicted molar refractivity (Wildman–Crippen MR) is 104 cm³/mol. The Morgan fingerprint density at radius 3 is 2.58 bits per heavy atom. The topological polar surface area (TPSA) is 52.8 Å². The van der Waals surface area contributed by atoms with E-state index in [0.717, 1.165) is 61.5 Å². The van der Waals surface area contributed by atoms with Crippen LogP contribution in [-0.2, 0) is 6.54 Å². The first-order valence-electron chi connectivity index (χ1n) is 9.01. The van der Waals surface area contributed by atoms with Gasteiger partial charge in [-0.2, -0.15) is 4.98 Å². The van der Waals surface area contributed by atoms with Gasteiger partial charge in [-0.25, -0.2) is 9.97 Å². The van der Waals surface area contributed by atoms with E-state index in [9.17, 15) is 0 Å². The highest BCUT2D eigenvalue weighted by atomic mass is 15.3. The highest BCUT2D eigenvalue weighted by Crippen LogP contribution is 2.19. The van der Waals surface area contributed by atoms with Gasteiger partial charge in [0, 0.05) is 71.0 Å². The Kier molecular flexibility index (Phi) is 4.46. The van der Waals surface area contributed by atoms with E-state index in [0.29, 0.717) is 0 Å². The molecule has 7 heteroatoms. The normalized spacial score (nSPS) is 15.6. The van der Waals surface area contributed by atoms with Crippen molar-refractivity contribution in [3.8, 4) is 0 Å². The number of imidazole rings is 1. The number of fused-ring (bicyclic) bond motifs is 1.